The smallest absolute Gasteiger partial charge is 0.0950 e. The molecule has 4 heteroatoms. The molecule has 0 unspecified atom stereocenters. The fraction of sp³-hybridized carbons (Fsp3) is 0.0909. The van der Waals surface area contributed by atoms with Crippen molar-refractivity contribution in [3.8, 4) is 0 Å². The average Bonchev–Trinajstić information content (AvgIpc) is 2.62. The Bertz CT molecular complexity index is 453. The number of benzene rings is 1. The standard InChI is InChI=1S/C11H11ClN2S/c12-10-4-5-11(15-10)14-7-8-2-1-3-9(13)6-8/h1-6,14H,7,13H2. The van der Waals surface area contributed by atoms with Crippen LogP contribution in [0.15, 0.2) is 36.4 Å². The van der Waals surface area contributed by atoms with Gasteiger partial charge in [-0.15, -0.1) is 11.3 Å². The highest BCUT2D eigenvalue weighted by Gasteiger charge is 1.97. The van der Waals surface area contributed by atoms with Gasteiger partial charge >= 0.3 is 0 Å². The zero-order chi connectivity index (χ0) is 10.7. The Morgan fingerprint density at radius 2 is 2.13 bits per heavy atom. The number of thiophene rings is 1. The van der Waals surface area contributed by atoms with E-state index in [0.29, 0.717) is 0 Å². The lowest BCUT2D eigenvalue weighted by Gasteiger charge is -2.04. The molecule has 1 heterocycles. The van der Waals surface area contributed by atoms with E-state index in [1.54, 1.807) is 0 Å². The number of hydrogen-bond acceptors (Lipinski definition) is 3. The van der Waals surface area contributed by atoms with Gasteiger partial charge in [-0.2, -0.15) is 0 Å². The molecule has 2 aromatic rings. The number of halogens is 1. The summed E-state index contributed by atoms with van der Waals surface area (Å²) in [6, 6.07) is 11.7. The predicted octanol–water partition coefficient (Wildman–Crippen LogP) is 3.60. The van der Waals surface area contributed by atoms with Gasteiger partial charge in [0.05, 0.1) is 9.34 Å². The molecule has 0 aliphatic heterocycles. The van der Waals surface area contributed by atoms with E-state index in [1.807, 2.05) is 36.4 Å². The van der Waals surface area contributed by atoms with Gasteiger partial charge in [0, 0.05) is 12.2 Å². The molecule has 78 valence electrons. The van der Waals surface area contributed by atoms with Crippen molar-refractivity contribution >= 4 is 33.6 Å². The van der Waals surface area contributed by atoms with Crippen molar-refractivity contribution in [1.29, 1.82) is 0 Å². The van der Waals surface area contributed by atoms with Crippen molar-refractivity contribution in [2.75, 3.05) is 11.1 Å². The minimum absolute atomic E-state index is 0.766. The van der Waals surface area contributed by atoms with E-state index in [9.17, 15) is 0 Å². The lowest BCUT2D eigenvalue weighted by atomic mass is 10.2. The third-order valence-electron chi connectivity index (χ3n) is 1.99. The van der Waals surface area contributed by atoms with Crippen molar-refractivity contribution in [2.24, 2.45) is 0 Å². The number of nitrogens with two attached hydrogens (primary N) is 1. The first-order valence-corrected chi connectivity index (χ1v) is 5.77. The van der Waals surface area contributed by atoms with Gasteiger partial charge in [0.15, 0.2) is 0 Å². The quantitative estimate of drug-likeness (QED) is 0.802. The molecule has 1 aromatic heterocycles. The van der Waals surface area contributed by atoms with Crippen LogP contribution in [0.3, 0.4) is 0 Å². The molecule has 2 rings (SSSR count). The van der Waals surface area contributed by atoms with Crippen LogP contribution in [0.2, 0.25) is 4.34 Å². The Balaban J connectivity index is 1.99. The first-order chi connectivity index (χ1) is 7.24. The first-order valence-electron chi connectivity index (χ1n) is 4.58. The van der Waals surface area contributed by atoms with Crippen LogP contribution in [0, 0.1) is 0 Å². The van der Waals surface area contributed by atoms with Gasteiger partial charge in [-0.1, -0.05) is 23.7 Å². The average molecular weight is 239 g/mol. The Kier molecular flexibility index (Phi) is 3.14. The van der Waals surface area contributed by atoms with Crippen LogP contribution >= 0.6 is 22.9 Å². The van der Waals surface area contributed by atoms with E-state index < -0.39 is 0 Å². The zero-order valence-electron chi connectivity index (χ0n) is 8.03. The SMILES string of the molecule is Nc1cccc(CNc2ccc(Cl)s2)c1. The molecule has 2 nitrogen and oxygen atoms in total. The second kappa shape index (κ2) is 4.55. The zero-order valence-corrected chi connectivity index (χ0v) is 9.61. The summed E-state index contributed by atoms with van der Waals surface area (Å²) in [4.78, 5) is 0. The van der Waals surface area contributed by atoms with E-state index in [1.165, 1.54) is 16.9 Å². The molecule has 0 aliphatic carbocycles. The topological polar surface area (TPSA) is 38.0 Å². The molecule has 0 saturated carbocycles. The van der Waals surface area contributed by atoms with Crippen molar-refractivity contribution in [3.05, 3.63) is 46.3 Å². The van der Waals surface area contributed by atoms with Gasteiger partial charge in [0.1, 0.15) is 0 Å². The molecular formula is C11H11ClN2S. The highest BCUT2D eigenvalue weighted by Crippen LogP contribution is 2.26. The molecule has 0 spiro atoms. The predicted molar refractivity (Wildman–Crippen MR) is 67.5 cm³/mol. The van der Waals surface area contributed by atoms with E-state index in [-0.39, 0.29) is 0 Å². The maximum Gasteiger partial charge on any atom is 0.0950 e. The van der Waals surface area contributed by atoms with Gasteiger partial charge in [-0.3, -0.25) is 0 Å². The summed E-state index contributed by atoms with van der Waals surface area (Å²) in [5, 5.41) is 4.36. The highest BCUT2D eigenvalue weighted by molar-refractivity contribution is 7.19. The van der Waals surface area contributed by atoms with Crippen LogP contribution in [-0.4, -0.2) is 0 Å². The number of hydrogen-bond donors (Lipinski definition) is 2. The van der Waals surface area contributed by atoms with Crippen molar-refractivity contribution < 1.29 is 0 Å². The van der Waals surface area contributed by atoms with Crippen molar-refractivity contribution in [2.45, 2.75) is 6.54 Å². The number of nitrogen functional groups attached to an aromatic ring is 1. The molecule has 0 fully saturated rings. The van der Waals surface area contributed by atoms with Crippen LogP contribution in [0.5, 0.6) is 0 Å². The molecule has 0 amide bonds. The summed E-state index contributed by atoms with van der Waals surface area (Å²) in [5.41, 5.74) is 7.64. The Morgan fingerprint density at radius 1 is 1.27 bits per heavy atom. The van der Waals surface area contributed by atoms with Crippen LogP contribution in [0.1, 0.15) is 5.56 Å². The molecular weight excluding hydrogens is 228 g/mol. The number of anilines is 2. The van der Waals surface area contributed by atoms with Gasteiger partial charge in [-0.25, -0.2) is 0 Å². The Hall–Kier alpha value is -1.19. The largest absolute Gasteiger partial charge is 0.399 e. The Labute approximate surface area is 97.7 Å². The minimum Gasteiger partial charge on any atom is -0.399 e. The molecule has 0 radical (unpaired) electrons. The molecule has 0 saturated heterocycles. The number of nitrogens with one attached hydrogen (secondary N) is 1. The van der Waals surface area contributed by atoms with Crippen LogP contribution in [0.4, 0.5) is 10.7 Å². The first kappa shape index (κ1) is 10.3. The monoisotopic (exact) mass is 238 g/mol. The van der Waals surface area contributed by atoms with Gasteiger partial charge in [0.25, 0.3) is 0 Å². The second-order valence-electron chi connectivity index (χ2n) is 3.20. The third-order valence-corrected chi connectivity index (χ3v) is 3.18. The van der Waals surface area contributed by atoms with E-state index >= 15 is 0 Å². The maximum absolute atomic E-state index is 5.83. The van der Waals surface area contributed by atoms with Crippen molar-refractivity contribution in [3.63, 3.8) is 0 Å². The fourth-order valence-corrected chi connectivity index (χ4v) is 2.24. The van der Waals surface area contributed by atoms with E-state index in [4.69, 9.17) is 17.3 Å². The summed E-state index contributed by atoms with van der Waals surface area (Å²) in [7, 11) is 0. The van der Waals surface area contributed by atoms with Gasteiger partial charge in [0.2, 0.25) is 0 Å². The number of rotatable bonds is 3. The molecule has 3 N–H and O–H groups in total. The third kappa shape index (κ3) is 2.88. The lowest BCUT2D eigenvalue weighted by Crippen LogP contribution is -1.98. The normalized spacial score (nSPS) is 10.2. The maximum atomic E-state index is 5.83. The van der Waals surface area contributed by atoms with Crippen molar-refractivity contribution in [1.82, 2.24) is 0 Å². The second-order valence-corrected chi connectivity index (χ2v) is 4.92. The van der Waals surface area contributed by atoms with Crippen LogP contribution < -0.4 is 11.1 Å². The summed E-state index contributed by atoms with van der Waals surface area (Å²) in [6.07, 6.45) is 0. The van der Waals surface area contributed by atoms with Gasteiger partial charge in [-0.05, 0) is 29.8 Å². The molecule has 1 aromatic carbocycles. The van der Waals surface area contributed by atoms with Crippen LogP contribution in [-0.2, 0) is 6.54 Å². The Morgan fingerprint density at radius 3 is 2.80 bits per heavy atom. The highest BCUT2D eigenvalue weighted by atomic mass is 35.5. The van der Waals surface area contributed by atoms with E-state index in [0.717, 1.165) is 21.6 Å². The fourth-order valence-electron chi connectivity index (χ4n) is 1.30. The van der Waals surface area contributed by atoms with Gasteiger partial charge < -0.3 is 11.1 Å². The summed E-state index contributed by atoms with van der Waals surface area (Å²) < 4.78 is 0.796. The molecule has 15 heavy (non-hydrogen) atoms. The molecule has 0 bridgehead atoms. The molecule has 0 aliphatic rings. The summed E-state index contributed by atoms with van der Waals surface area (Å²) in [6.45, 7) is 0.766. The summed E-state index contributed by atoms with van der Waals surface area (Å²) in [5.74, 6) is 0. The van der Waals surface area contributed by atoms with E-state index in [2.05, 4.69) is 5.32 Å². The lowest BCUT2D eigenvalue weighted by molar-refractivity contribution is 1.16. The minimum atomic E-state index is 0.766. The summed E-state index contributed by atoms with van der Waals surface area (Å²) >= 11 is 7.36. The van der Waals surface area contributed by atoms with Crippen LogP contribution in [0.25, 0.3) is 0 Å². The molecule has 0 atom stereocenters.